The van der Waals surface area contributed by atoms with E-state index in [0.29, 0.717) is 0 Å². The van der Waals surface area contributed by atoms with Gasteiger partial charge in [0.1, 0.15) is 0 Å². The molecular weight excluding hydrogens is 127 g/mol. The standard InChI is InChI=1S/C4H11O3P/c1-3-6-8(5)7-4-2/h5H,3-4H2,1-2H3/i1D,2D. The number of rotatable bonds is 4. The molecule has 0 unspecified atom stereocenters. The highest BCUT2D eigenvalue weighted by atomic mass is 31.2. The normalized spacial score (nSPS) is 13.8. The zero-order chi connectivity index (χ0) is 7.82. The summed E-state index contributed by atoms with van der Waals surface area (Å²) in [7, 11) is -1.83. The number of hydrogen-bond acceptors (Lipinski definition) is 3. The van der Waals surface area contributed by atoms with Crippen molar-refractivity contribution in [2.45, 2.75) is 13.8 Å². The Kier molecular flexibility index (Phi) is 3.49. The molecule has 8 heavy (non-hydrogen) atoms. The van der Waals surface area contributed by atoms with Gasteiger partial charge in [-0.25, -0.2) is 0 Å². The van der Waals surface area contributed by atoms with Crippen molar-refractivity contribution in [3.05, 3.63) is 0 Å². The van der Waals surface area contributed by atoms with Crippen LogP contribution in [0.2, 0.25) is 0 Å². The zero-order valence-corrected chi connectivity index (χ0v) is 5.43. The van der Waals surface area contributed by atoms with Crippen LogP contribution in [0.25, 0.3) is 0 Å². The third-order valence-electron chi connectivity index (χ3n) is 0.403. The van der Waals surface area contributed by atoms with Gasteiger partial charge in [-0.15, -0.1) is 0 Å². The lowest BCUT2D eigenvalue weighted by molar-refractivity contribution is 0.216. The van der Waals surface area contributed by atoms with Gasteiger partial charge >= 0.3 is 8.60 Å². The second-order valence-corrected chi connectivity index (χ2v) is 1.90. The first-order chi connectivity index (χ1) is 4.81. The summed E-state index contributed by atoms with van der Waals surface area (Å²) in [6.07, 6.45) is 0. The average Bonchev–Trinajstić information content (AvgIpc) is 1.97. The monoisotopic (exact) mass is 140 g/mol. The van der Waals surface area contributed by atoms with Crippen LogP contribution in [0.15, 0.2) is 0 Å². The van der Waals surface area contributed by atoms with Crippen LogP contribution >= 0.6 is 8.60 Å². The molecule has 0 saturated heterocycles. The van der Waals surface area contributed by atoms with E-state index in [1.165, 1.54) is 0 Å². The molecular formula is C4H11O3P. The average molecular weight is 140 g/mol. The Morgan fingerprint density at radius 3 is 2.38 bits per heavy atom. The minimum Gasteiger partial charge on any atom is -0.328 e. The van der Waals surface area contributed by atoms with Crippen molar-refractivity contribution in [2.75, 3.05) is 13.2 Å². The van der Waals surface area contributed by atoms with E-state index in [1.807, 2.05) is 0 Å². The molecule has 0 aliphatic rings. The van der Waals surface area contributed by atoms with Gasteiger partial charge in [0.05, 0.1) is 13.2 Å². The molecule has 0 aromatic carbocycles. The minimum atomic E-state index is -1.83. The molecule has 0 aliphatic heterocycles. The minimum absolute atomic E-state index is 0.115. The van der Waals surface area contributed by atoms with Crippen molar-refractivity contribution >= 4 is 8.60 Å². The van der Waals surface area contributed by atoms with Gasteiger partial charge in [-0.3, -0.25) is 0 Å². The molecule has 0 bridgehead atoms. The Balaban J connectivity index is 3.00. The molecule has 1 N–H and O–H groups in total. The van der Waals surface area contributed by atoms with Crippen LogP contribution in [0, 0.1) is 0 Å². The molecule has 0 radical (unpaired) electrons. The topological polar surface area (TPSA) is 38.7 Å². The molecule has 3 nitrogen and oxygen atoms in total. The van der Waals surface area contributed by atoms with E-state index in [4.69, 9.17) is 7.63 Å². The Labute approximate surface area is 53.4 Å². The molecule has 0 amide bonds. The maximum Gasteiger partial charge on any atom is 0.329 e. The first kappa shape index (κ1) is 5.12. The van der Waals surface area contributed by atoms with Crippen molar-refractivity contribution in [1.82, 2.24) is 0 Å². The number of hydrogen-bond donors (Lipinski definition) is 1. The van der Waals surface area contributed by atoms with E-state index in [-0.39, 0.29) is 27.0 Å². The van der Waals surface area contributed by atoms with Gasteiger partial charge in [-0.2, -0.15) is 0 Å². The second kappa shape index (κ2) is 5.45. The summed E-state index contributed by atoms with van der Waals surface area (Å²) in [6, 6.07) is 0. The Morgan fingerprint density at radius 1 is 1.50 bits per heavy atom. The van der Waals surface area contributed by atoms with Crippen molar-refractivity contribution in [3.63, 3.8) is 0 Å². The van der Waals surface area contributed by atoms with Crippen LogP contribution in [0.5, 0.6) is 0 Å². The van der Waals surface area contributed by atoms with E-state index in [9.17, 15) is 0 Å². The van der Waals surface area contributed by atoms with Crippen LogP contribution in [0.1, 0.15) is 16.5 Å². The van der Waals surface area contributed by atoms with Crippen LogP contribution < -0.4 is 0 Å². The highest BCUT2D eigenvalue weighted by Crippen LogP contribution is 2.31. The van der Waals surface area contributed by atoms with Crippen LogP contribution in [-0.2, 0) is 9.05 Å². The molecule has 0 atom stereocenters. The summed E-state index contributed by atoms with van der Waals surface area (Å²) in [5.41, 5.74) is 0. The van der Waals surface area contributed by atoms with Gasteiger partial charge in [0.25, 0.3) is 0 Å². The van der Waals surface area contributed by atoms with Crippen LogP contribution in [0.3, 0.4) is 0 Å². The summed E-state index contributed by atoms with van der Waals surface area (Å²) in [5.74, 6) is 0. The van der Waals surface area contributed by atoms with Crippen molar-refractivity contribution in [2.24, 2.45) is 0 Å². The van der Waals surface area contributed by atoms with Crippen LogP contribution in [-0.4, -0.2) is 18.1 Å². The molecule has 0 aromatic rings. The smallest absolute Gasteiger partial charge is 0.328 e. The quantitative estimate of drug-likeness (QED) is 0.598. The maximum atomic E-state index is 8.77. The predicted octanol–water partition coefficient (Wildman–Crippen LogP) is 1.28. The summed E-state index contributed by atoms with van der Waals surface area (Å²) in [6.45, 7) is 0.591. The van der Waals surface area contributed by atoms with Crippen molar-refractivity contribution < 1.29 is 16.7 Å². The van der Waals surface area contributed by atoms with E-state index in [1.54, 1.807) is 0 Å². The molecule has 0 aromatic heterocycles. The molecule has 0 saturated carbocycles. The largest absolute Gasteiger partial charge is 0.329 e. The Hall–Kier alpha value is 0.310. The molecule has 0 spiro atoms. The lowest BCUT2D eigenvalue weighted by Gasteiger charge is -2.05. The highest BCUT2D eigenvalue weighted by molar-refractivity contribution is 7.40. The third-order valence-corrected chi connectivity index (χ3v) is 1.21. The van der Waals surface area contributed by atoms with Gasteiger partial charge in [-0.05, 0) is 13.8 Å². The fourth-order valence-electron chi connectivity index (χ4n) is 0.193. The van der Waals surface area contributed by atoms with E-state index < -0.39 is 8.60 Å². The summed E-state index contributed by atoms with van der Waals surface area (Å²) in [5, 5.41) is 0. The lowest BCUT2D eigenvalue weighted by atomic mass is 10.9. The SMILES string of the molecule is [2H]CCOP(O)OCC[2H]. The predicted molar refractivity (Wildman–Crippen MR) is 32.4 cm³/mol. The lowest BCUT2D eigenvalue weighted by Crippen LogP contribution is -1.87. The van der Waals surface area contributed by atoms with Crippen molar-refractivity contribution in [1.29, 1.82) is 0 Å². The fourth-order valence-corrected chi connectivity index (χ4v) is 0.580. The van der Waals surface area contributed by atoms with E-state index in [2.05, 4.69) is 9.05 Å². The second-order valence-electron chi connectivity index (χ2n) is 0.904. The Morgan fingerprint density at radius 2 is 2.00 bits per heavy atom. The molecule has 0 fully saturated rings. The molecule has 0 heterocycles. The summed E-state index contributed by atoms with van der Waals surface area (Å²) in [4.78, 5) is 8.77. The molecule has 50 valence electrons. The van der Waals surface area contributed by atoms with Gasteiger partial charge in [0, 0.05) is 2.74 Å². The fraction of sp³-hybridized carbons (Fsp3) is 1.00. The van der Waals surface area contributed by atoms with E-state index >= 15 is 0 Å². The summed E-state index contributed by atoms with van der Waals surface area (Å²) >= 11 is 0. The van der Waals surface area contributed by atoms with Crippen molar-refractivity contribution in [3.8, 4) is 0 Å². The summed E-state index contributed by atoms with van der Waals surface area (Å²) < 4.78 is 22.6. The first-order valence-electron chi connectivity index (χ1n) is 3.56. The van der Waals surface area contributed by atoms with Gasteiger partial charge in [0.2, 0.25) is 0 Å². The van der Waals surface area contributed by atoms with Gasteiger partial charge < -0.3 is 13.9 Å². The highest BCUT2D eigenvalue weighted by Gasteiger charge is 2.00. The van der Waals surface area contributed by atoms with Gasteiger partial charge in [0.15, 0.2) is 0 Å². The third kappa shape index (κ3) is 4.47. The maximum absolute atomic E-state index is 8.77. The first-order valence-corrected chi connectivity index (χ1v) is 3.27. The van der Waals surface area contributed by atoms with Crippen LogP contribution in [0.4, 0.5) is 0 Å². The Bertz CT molecular complexity index is 67.5. The molecule has 4 heteroatoms. The zero-order valence-electron chi connectivity index (χ0n) is 6.54. The van der Waals surface area contributed by atoms with Gasteiger partial charge in [-0.1, -0.05) is 0 Å². The molecule has 0 rings (SSSR count). The van der Waals surface area contributed by atoms with E-state index in [0.717, 1.165) is 0 Å². The molecule has 0 aliphatic carbocycles.